The van der Waals surface area contributed by atoms with Gasteiger partial charge in [0.05, 0.1) is 18.1 Å². The van der Waals surface area contributed by atoms with Crippen LogP contribution in [0.1, 0.15) is 6.42 Å². The molecule has 1 amide bonds. The molecule has 3 rings (SSSR count). The number of amides is 1. The zero-order valence-electron chi connectivity index (χ0n) is 12.1. The lowest BCUT2D eigenvalue weighted by atomic mass is 10.3. The number of aromatic nitrogens is 4. The highest BCUT2D eigenvalue weighted by atomic mass is 16.1. The van der Waals surface area contributed by atoms with E-state index in [2.05, 4.69) is 24.9 Å². The Hall–Kier alpha value is -2.22. The average Bonchev–Trinajstić information content (AvgIpc) is 2.69. The first kappa shape index (κ1) is 13.7. The maximum Gasteiger partial charge on any atom is 0.231 e. The van der Waals surface area contributed by atoms with Gasteiger partial charge in [0.2, 0.25) is 5.91 Å². The van der Waals surface area contributed by atoms with Gasteiger partial charge in [-0.2, -0.15) is 5.10 Å². The Bertz CT molecular complexity index is 653. The zero-order valence-corrected chi connectivity index (χ0v) is 12.1. The van der Waals surface area contributed by atoms with Crippen LogP contribution in [0.3, 0.4) is 0 Å². The summed E-state index contributed by atoms with van der Waals surface area (Å²) in [6.45, 7) is 3.71. The number of primary amides is 1. The number of anilines is 1. The van der Waals surface area contributed by atoms with E-state index in [4.69, 9.17) is 5.73 Å². The van der Waals surface area contributed by atoms with E-state index in [1.165, 1.54) is 0 Å². The minimum atomic E-state index is -0.278. The molecule has 8 heteroatoms. The van der Waals surface area contributed by atoms with Crippen LogP contribution in [0.2, 0.25) is 0 Å². The lowest BCUT2D eigenvalue weighted by Gasteiger charge is -2.22. The average molecular weight is 289 g/mol. The lowest BCUT2D eigenvalue weighted by Crippen LogP contribution is -2.36. The second kappa shape index (κ2) is 5.65. The molecule has 2 aromatic heterocycles. The molecule has 21 heavy (non-hydrogen) atoms. The molecule has 0 aromatic carbocycles. The molecule has 2 N–H and O–H groups in total. The standard InChI is InChI=1S/C13H19N7O/c1-18-12-10(7-17-18)13(16-9-15-12)20-4-2-3-19(5-6-20)8-11(14)21/h7,9H,2-6,8H2,1H3,(H2,14,21). The normalized spacial score (nSPS) is 17.1. The van der Waals surface area contributed by atoms with Gasteiger partial charge < -0.3 is 10.6 Å². The molecule has 3 heterocycles. The molecule has 0 bridgehead atoms. The smallest absolute Gasteiger partial charge is 0.231 e. The predicted molar refractivity (Wildman–Crippen MR) is 78.8 cm³/mol. The molecule has 0 saturated carbocycles. The molecular weight excluding hydrogens is 270 g/mol. The number of aryl methyl sites for hydroxylation is 1. The number of nitrogens with two attached hydrogens (primary N) is 1. The van der Waals surface area contributed by atoms with Gasteiger partial charge in [-0.1, -0.05) is 0 Å². The van der Waals surface area contributed by atoms with Crippen LogP contribution in [0, 0.1) is 0 Å². The monoisotopic (exact) mass is 289 g/mol. The van der Waals surface area contributed by atoms with Gasteiger partial charge in [0.25, 0.3) is 0 Å². The van der Waals surface area contributed by atoms with Crippen molar-refractivity contribution in [3.8, 4) is 0 Å². The van der Waals surface area contributed by atoms with Crippen LogP contribution in [0.15, 0.2) is 12.5 Å². The first-order valence-electron chi connectivity index (χ1n) is 7.03. The van der Waals surface area contributed by atoms with E-state index in [0.29, 0.717) is 6.54 Å². The zero-order chi connectivity index (χ0) is 14.8. The van der Waals surface area contributed by atoms with E-state index in [0.717, 1.165) is 49.5 Å². The van der Waals surface area contributed by atoms with Gasteiger partial charge in [-0.15, -0.1) is 0 Å². The molecule has 0 unspecified atom stereocenters. The number of hydrogen-bond donors (Lipinski definition) is 1. The molecule has 2 aromatic rings. The molecular formula is C13H19N7O. The number of rotatable bonds is 3. The molecule has 0 radical (unpaired) electrons. The Kier molecular flexibility index (Phi) is 3.70. The molecule has 0 atom stereocenters. The van der Waals surface area contributed by atoms with Gasteiger partial charge >= 0.3 is 0 Å². The van der Waals surface area contributed by atoms with Crippen LogP contribution in [0.25, 0.3) is 11.0 Å². The van der Waals surface area contributed by atoms with E-state index < -0.39 is 0 Å². The number of carbonyl (C=O) groups is 1. The van der Waals surface area contributed by atoms with Crippen molar-refractivity contribution >= 4 is 22.8 Å². The van der Waals surface area contributed by atoms with Gasteiger partial charge in [-0.25, -0.2) is 9.97 Å². The third-order valence-electron chi connectivity index (χ3n) is 3.78. The number of fused-ring (bicyclic) bond motifs is 1. The first-order chi connectivity index (χ1) is 10.1. The second-order valence-corrected chi connectivity index (χ2v) is 5.29. The highest BCUT2D eigenvalue weighted by Gasteiger charge is 2.19. The van der Waals surface area contributed by atoms with Gasteiger partial charge in [0, 0.05) is 33.2 Å². The molecule has 112 valence electrons. The molecule has 1 aliphatic heterocycles. The van der Waals surface area contributed by atoms with E-state index in [1.807, 2.05) is 7.05 Å². The van der Waals surface area contributed by atoms with E-state index in [1.54, 1.807) is 17.2 Å². The predicted octanol–water partition coefficient (Wildman–Crippen LogP) is -0.639. The van der Waals surface area contributed by atoms with Crippen LogP contribution >= 0.6 is 0 Å². The topological polar surface area (TPSA) is 93.2 Å². The van der Waals surface area contributed by atoms with Crippen LogP contribution < -0.4 is 10.6 Å². The molecule has 1 saturated heterocycles. The summed E-state index contributed by atoms with van der Waals surface area (Å²) in [6, 6.07) is 0. The Morgan fingerprint density at radius 3 is 2.95 bits per heavy atom. The molecule has 1 fully saturated rings. The van der Waals surface area contributed by atoms with Crippen molar-refractivity contribution in [2.75, 3.05) is 37.6 Å². The Labute approximate surface area is 122 Å². The number of carbonyl (C=O) groups excluding carboxylic acids is 1. The summed E-state index contributed by atoms with van der Waals surface area (Å²) >= 11 is 0. The first-order valence-corrected chi connectivity index (χ1v) is 7.03. The van der Waals surface area contributed by atoms with Crippen molar-refractivity contribution in [3.05, 3.63) is 12.5 Å². The van der Waals surface area contributed by atoms with Crippen molar-refractivity contribution in [3.63, 3.8) is 0 Å². The van der Waals surface area contributed by atoms with Crippen molar-refractivity contribution < 1.29 is 4.79 Å². The fourth-order valence-corrected chi connectivity index (χ4v) is 2.76. The minimum Gasteiger partial charge on any atom is -0.369 e. The van der Waals surface area contributed by atoms with Crippen molar-refractivity contribution in [1.29, 1.82) is 0 Å². The van der Waals surface area contributed by atoms with Gasteiger partial charge in [0.1, 0.15) is 12.1 Å². The van der Waals surface area contributed by atoms with Crippen LogP contribution in [0.4, 0.5) is 5.82 Å². The Morgan fingerprint density at radius 1 is 1.29 bits per heavy atom. The molecule has 0 aliphatic carbocycles. The quantitative estimate of drug-likeness (QED) is 0.808. The van der Waals surface area contributed by atoms with Crippen LogP contribution in [-0.2, 0) is 11.8 Å². The van der Waals surface area contributed by atoms with Gasteiger partial charge in [-0.3, -0.25) is 14.4 Å². The third-order valence-corrected chi connectivity index (χ3v) is 3.78. The van der Waals surface area contributed by atoms with Crippen LogP contribution in [0.5, 0.6) is 0 Å². The summed E-state index contributed by atoms with van der Waals surface area (Å²) in [7, 11) is 1.87. The summed E-state index contributed by atoms with van der Waals surface area (Å²) in [6.07, 6.45) is 4.35. The number of hydrogen-bond acceptors (Lipinski definition) is 6. The third kappa shape index (κ3) is 2.80. The Morgan fingerprint density at radius 2 is 2.14 bits per heavy atom. The summed E-state index contributed by atoms with van der Waals surface area (Å²) in [5.74, 6) is 0.633. The Balaban J connectivity index is 1.81. The van der Waals surface area contributed by atoms with Crippen molar-refractivity contribution in [2.45, 2.75) is 6.42 Å². The van der Waals surface area contributed by atoms with Crippen LogP contribution in [-0.4, -0.2) is 63.3 Å². The molecule has 1 aliphatic rings. The largest absolute Gasteiger partial charge is 0.369 e. The summed E-state index contributed by atoms with van der Waals surface area (Å²) in [5.41, 5.74) is 6.10. The maximum atomic E-state index is 11.0. The lowest BCUT2D eigenvalue weighted by molar-refractivity contribution is -0.119. The second-order valence-electron chi connectivity index (χ2n) is 5.29. The van der Waals surface area contributed by atoms with E-state index in [9.17, 15) is 4.79 Å². The highest BCUT2D eigenvalue weighted by Crippen LogP contribution is 2.23. The maximum absolute atomic E-state index is 11.0. The fraction of sp³-hybridized carbons (Fsp3) is 0.538. The SMILES string of the molecule is Cn1ncc2c(N3CCCN(CC(N)=O)CC3)ncnc21. The van der Waals surface area contributed by atoms with Crippen molar-refractivity contribution in [1.82, 2.24) is 24.6 Å². The minimum absolute atomic E-state index is 0.278. The highest BCUT2D eigenvalue weighted by molar-refractivity contribution is 5.86. The van der Waals surface area contributed by atoms with E-state index >= 15 is 0 Å². The van der Waals surface area contributed by atoms with Gasteiger partial charge in [-0.05, 0) is 6.42 Å². The molecule has 8 nitrogen and oxygen atoms in total. The van der Waals surface area contributed by atoms with Gasteiger partial charge in [0.15, 0.2) is 5.65 Å². The van der Waals surface area contributed by atoms with Crippen molar-refractivity contribution in [2.24, 2.45) is 12.8 Å². The van der Waals surface area contributed by atoms with E-state index in [-0.39, 0.29) is 5.91 Å². The molecule has 0 spiro atoms. The summed E-state index contributed by atoms with van der Waals surface area (Å²) < 4.78 is 1.75. The summed E-state index contributed by atoms with van der Waals surface area (Å²) in [5, 5.41) is 5.21. The number of nitrogens with zero attached hydrogens (tertiary/aromatic N) is 6. The fourth-order valence-electron chi connectivity index (χ4n) is 2.76. The summed E-state index contributed by atoms with van der Waals surface area (Å²) in [4.78, 5) is 24.0.